The molecule has 0 unspecified atom stereocenters. The van der Waals surface area contributed by atoms with Crippen molar-refractivity contribution < 1.29 is 9.72 Å². The van der Waals surface area contributed by atoms with E-state index >= 15 is 0 Å². The van der Waals surface area contributed by atoms with Gasteiger partial charge >= 0.3 is 0 Å². The molecule has 1 saturated heterocycles. The molecule has 3 aromatic carbocycles. The van der Waals surface area contributed by atoms with Gasteiger partial charge in [-0.3, -0.25) is 19.8 Å². The SMILES string of the molecule is O=C1C(=Cc2c3ccccc3nc3ccccc23)NC(=S)N1Cc1ccc([N+](=O)[O-])cc1. The normalized spacial score (nSPS) is 15.0. The smallest absolute Gasteiger partial charge is 0.276 e. The number of rotatable bonds is 4. The van der Waals surface area contributed by atoms with Crippen molar-refractivity contribution in [2.45, 2.75) is 6.54 Å². The summed E-state index contributed by atoms with van der Waals surface area (Å²) < 4.78 is 0. The number of para-hydroxylation sites is 2. The number of hydrogen-bond donors (Lipinski definition) is 1. The van der Waals surface area contributed by atoms with Crippen LogP contribution in [0.2, 0.25) is 0 Å². The van der Waals surface area contributed by atoms with Crippen molar-refractivity contribution in [3.8, 4) is 0 Å². The second-order valence-electron chi connectivity index (χ2n) is 7.36. The molecule has 5 rings (SSSR count). The fourth-order valence-electron chi connectivity index (χ4n) is 3.79. The molecule has 2 heterocycles. The summed E-state index contributed by atoms with van der Waals surface area (Å²) in [5, 5.41) is 16.1. The minimum atomic E-state index is -0.457. The molecule has 32 heavy (non-hydrogen) atoms. The first-order chi connectivity index (χ1) is 15.5. The minimum absolute atomic E-state index is 0.000715. The third-order valence-electron chi connectivity index (χ3n) is 5.37. The highest BCUT2D eigenvalue weighted by atomic mass is 32.1. The Morgan fingerprint density at radius 3 is 2.16 bits per heavy atom. The molecule has 1 aromatic heterocycles. The molecule has 8 heteroatoms. The number of pyridine rings is 1. The van der Waals surface area contributed by atoms with Gasteiger partial charge in [0, 0.05) is 22.9 Å². The molecular weight excluding hydrogens is 424 g/mol. The van der Waals surface area contributed by atoms with Gasteiger partial charge in [-0.25, -0.2) is 4.98 Å². The molecule has 0 atom stereocenters. The first-order valence-electron chi connectivity index (χ1n) is 9.86. The van der Waals surface area contributed by atoms with Gasteiger partial charge in [-0.15, -0.1) is 0 Å². The molecule has 4 aromatic rings. The number of aromatic nitrogens is 1. The molecule has 1 aliphatic rings. The van der Waals surface area contributed by atoms with Crippen LogP contribution in [-0.2, 0) is 11.3 Å². The van der Waals surface area contributed by atoms with Crippen LogP contribution < -0.4 is 5.32 Å². The zero-order valence-electron chi connectivity index (χ0n) is 16.7. The third kappa shape index (κ3) is 3.46. The van der Waals surface area contributed by atoms with Gasteiger partial charge in [0.05, 0.1) is 22.5 Å². The summed E-state index contributed by atoms with van der Waals surface area (Å²) in [5.74, 6) is -0.252. The quantitative estimate of drug-likeness (QED) is 0.165. The van der Waals surface area contributed by atoms with E-state index in [4.69, 9.17) is 17.2 Å². The Bertz CT molecular complexity index is 1390. The predicted octanol–water partition coefficient (Wildman–Crippen LogP) is 4.55. The summed E-state index contributed by atoms with van der Waals surface area (Å²) in [6.45, 7) is 0.220. The monoisotopic (exact) mass is 440 g/mol. The number of benzene rings is 3. The highest BCUT2D eigenvalue weighted by Gasteiger charge is 2.31. The van der Waals surface area contributed by atoms with E-state index in [1.165, 1.54) is 17.0 Å². The molecule has 0 aliphatic carbocycles. The molecule has 1 aliphatic heterocycles. The summed E-state index contributed by atoms with van der Waals surface area (Å²) in [7, 11) is 0. The molecule has 1 fully saturated rings. The van der Waals surface area contributed by atoms with E-state index in [9.17, 15) is 14.9 Å². The maximum absolute atomic E-state index is 13.2. The van der Waals surface area contributed by atoms with Crippen LogP contribution in [-0.4, -0.2) is 25.8 Å². The average molecular weight is 440 g/mol. The number of hydrogen-bond acceptors (Lipinski definition) is 5. The Hall–Kier alpha value is -4.17. The summed E-state index contributed by atoms with van der Waals surface area (Å²) in [6, 6.07) is 21.7. The van der Waals surface area contributed by atoms with Gasteiger partial charge < -0.3 is 5.32 Å². The number of nitro groups is 1. The Kier molecular flexibility index (Phi) is 4.84. The molecule has 1 N–H and O–H groups in total. The topological polar surface area (TPSA) is 88.4 Å². The zero-order chi connectivity index (χ0) is 22.2. The first-order valence-corrected chi connectivity index (χ1v) is 10.3. The fourth-order valence-corrected chi connectivity index (χ4v) is 4.05. The van der Waals surface area contributed by atoms with E-state index in [1.54, 1.807) is 12.1 Å². The lowest BCUT2D eigenvalue weighted by Crippen LogP contribution is -2.29. The molecule has 0 saturated carbocycles. The van der Waals surface area contributed by atoms with Crippen molar-refractivity contribution in [3.05, 3.63) is 99.7 Å². The van der Waals surface area contributed by atoms with Crippen molar-refractivity contribution in [1.82, 2.24) is 15.2 Å². The van der Waals surface area contributed by atoms with Gasteiger partial charge in [-0.05, 0) is 41.6 Å². The van der Waals surface area contributed by atoms with Crippen molar-refractivity contribution in [3.63, 3.8) is 0 Å². The number of nitrogens with one attached hydrogen (secondary N) is 1. The minimum Gasteiger partial charge on any atom is -0.328 e. The van der Waals surface area contributed by atoms with Crippen molar-refractivity contribution in [1.29, 1.82) is 0 Å². The van der Waals surface area contributed by atoms with Gasteiger partial charge in [0.25, 0.3) is 11.6 Å². The van der Waals surface area contributed by atoms with Gasteiger partial charge in [0.1, 0.15) is 5.70 Å². The molecule has 1 amide bonds. The number of nitro benzene ring substituents is 1. The standard InChI is InChI=1S/C24H16N4O3S/c29-23-22(26-24(32)27(23)14-15-9-11-16(12-10-15)28(30)31)13-19-17-5-1-3-7-20(17)25-21-8-4-2-6-18(19)21/h1-13H,14H2,(H,26,32). The van der Waals surface area contributed by atoms with Gasteiger partial charge in [0.2, 0.25) is 0 Å². The Labute approximate surface area is 188 Å². The van der Waals surface area contributed by atoms with E-state index in [0.29, 0.717) is 10.8 Å². The average Bonchev–Trinajstić information content (AvgIpc) is 3.06. The Morgan fingerprint density at radius 1 is 0.969 bits per heavy atom. The van der Waals surface area contributed by atoms with E-state index in [-0.39, 0.29) is 18.1 Å². The molecule has 0 bridgehead atoms. The zero-order valence-corrected chi connectivity index (χ0v) is 17.5. The summed E-state index contributed by atoms with van der Waals surface area (Å²) in [5.41, 5.74) is 3.69. The second kappa shape index (κ2) is 7.82. The number of thiocarbonyl (C=S) groups is 1. The van der Waals surface area contributed by atoms with Crippen LogP contribution >= 0.6 is 12.2 Å². The third-order valence-corrected chi connectivity index (χ3v) is 5.69. The number of carbonyl (C=O) groups excluding carboxylic acids is 1. The Morgan fingerprint density at radius 2 is 1.56 bits per heavy atom. The highest BCUT2D eigenvalue weighted by Crippen LogP contribution is 2.29. The number of non-ortho nitro benzene ring substituents is 1. The maximum atomic E-state index is 13.2. The van der Waals surface area contributed by atoms with Crippen molar-refractivity contribution in [2.75, 3.05) is 0 Å². The van der Waals surface area contributed by atoms with E-state index in [2.05, 4.69) is 5.32 Å². The van der Waals surface area contributed by atoms with Crippen LogP contribution in [0.1, 0.15) is 11.1 Å². The lowest BCUT2D eigenvalue weighted by atomic mass is 10.0. The van der Waals surface area contributed by atoms with Crippen molar-refractivity contribution >= 4 is 56.8 Å². The van der Waals surface area contributed by atoms with Gasteiger partial charge in [0.15, 0.2) is 5.11 Å². The predicted molar refractivity (Wildman–Crippen MR) is 127 cm³/mol. The van der Waals surface area contributed by atoms with E-state index in [0.717, 1.165) is 32.9 Å². The van der Waals surface area contributed by atoms with Crippen LogP contribution in [0.25, 0.3) is 27.9 Å². The summed E-state index contributed by atoms with van der Waals surface area (Å²) >= 11 is 5.40. The van der Waals surface area contributed by atoms with Crippen molar-refractivity contribution in [2.24, 2.45) is 0 Å². The van der Waals surface area contributed by atoms with Crippen LogP contribution in [0.15, 0.2) is 78.5 Å². The lowest BCUT2D eigenvalue weighted by molar-refractivity contribution is -0.384. The lowest BCUT2D eigenvalue weighted by Gasteiger charge is -2.13. The van der Waals surface area contributed by atoms with Gasteiger partial charge in [-0.2, -0.15) is 0 Å². The number of fused-ring (bicyclic) bond motifs is 2. The van der Waals surface area contributed by atoms with Crippen LogP contribution in [0.4, 0.5) is 5.69 Å². The molecule has 156 valence electrons. The van der Waals surface area contributed by atoms with Gasteiger partial charge in [-0.1, -0.05) is 48.5 Å². The van der Waals surface area contributed by atoms with Crippen LogP contribution in [0.5, 0.6) is 0 Å². The van der Waals surface area contributed by atoms with Crippen LogP contribution in [0.3, 0.4) is 0 Å². The van der Waals surface area contributed by atoms with E-state index in [1.807, 2.05) is 54.6 Å². The first kappa shape index (κ1) is 19.8. The molecule has 7 nitrogen and oxygen atoms in total. The molecule has 0 radical (unpaired) electrons. The molecule has 0 spiro atoms. The largest absolute Gasteiger partial charge is 0.328 e. The summed E-state index contributed by atoms with van der Waals surface area (Å²) in [6.07, 6.45) is 1.82. The number of amides is 1. The summed E-state index contributed by atoms with van der Waals surface area (Å²) in [4.78, 5) is 29.7. The second-order valence-corrected chi connectivity index (χ2v) is 7.75. The van der Waals surface area contributed by atoms with Crippen LogP contribution in [0, 0.1) is 10.1 Å². The maximum Gasteiger partial charge on any atom is 0.276 e. The number of carbonyl (C=O) groups is 1. The Balaban J connectivity index is 1.52. The van der Waals surface area contributed by atoms with E-state index < -0.39 is 4.92 Å². The molecular formula is C24H16N4O3S. The highest BCUT2D eigenvalue weighted by molar-refractivity contribution is 7.80. The number of nitrogens with zero attached hydrogens (tertiary/aromatic N) is 3. The fraction of sp³-hybridized carbons (Fsp3) is 0.0417.